The van der Waals surface area contributed by atoms with Crippen molar-refractivity contribution in [3.8, 4) is 5.75 Å². The normalized spacial score (nSPS) is 20.9. The standard InChI is InChI=1S/C20H27N3O/c1-23(2)20(14-7-6-8-15(11-14)24-3)13-22-19-12-18(21)16-9-4-5-10-17(16)19/h4-11,18-20,22H,12-13,21H2,1-3H3. The van der Waals surface area contributed by atoms with Crippen molar-refractivity contribution in [3.05, 3.63) is 65.2 Å². The third-order valence-electron chi connectivity index (χ3n) is 4.92. The predicted molar refractivity (Wildman–Crippen MR) is 98.2 cm³/mol. The largest absolute Gasteiger partial charge is 0.497 e. The second-order valence-electron chi connectivity index (χ2n) is 6.69. The topological polar surface area (TPSA) is 50.5 Å². The van der Waals surface area contributed by atoms with Crippen LogP contribution < -0.4 is 15.8 Å². The summed E-state index contributed by atoms with van der Waals surface area (Å²) < 4.78 is 5.37. The van der Waals surface area contributed by atoms with Crippen molar-refractivity contribution in [3.63, 3.8) is 0 Å². The number of rotatable bonds is 6. The van der Waals surface area contributed by atoms with E-state index in [9.17, 15) is 0 Å². The summed E-state index contributed by atoms with van der Waals surface area (Å²) in [4.78, 5) is 2.24. The predicted octanol–water partition coefficient (Wildman–Crippen LogP) is 3.03. The van der Waals surface area contributed by atoms with Gasteiger partial charge in [-0.15, -0.1) is 0 Å². The Balaban J connectivity index is 1.74. The van der Waals surface area contributed by atoms with Crippen LogP contribution in [0.2, 0.25) is 0 Å². The van der Waals surface area contributed by atoms with Crippen LogP contribution in [0.3, 0.4) is 0 Å². The van der Waals surface area contributed by atoms with Crippen LogP contribution in [0.15, 0.2) is 48.5 Å². The minimum absolute atomic E-state index is 0.133. The first kappa shape index (κ1) is 17.0. The van der Waals surface area contributed by atoms with Crippen molar-refractivity contribution >= 4 is 0 Å². The molecule has 3 N–H and O–H groups in total. The zero-order valence-corrected chi connectivity index (χ0v) is 14.7. The maximum absolute atomic E-state index is 6.28. The molecule has 0 heterocycles. The lowest BCUT2D eigenvalue weighted by Gasteiger charge is -2.27. The molecule has 3 atom stereocenters. The summed E-state index contributed by atoms with van der Waals surface area (Å²) in [5, 5.41) is 3.72. The van der Waals surface area contributed by atoms with Crippen LogP contribution in [0.5, 0.6) is 5.75 Å². The van der Waals surface area contributed by atoms with Gasteiger partial charge >= 0.3 is 0 Å². The number of hydrogen-bond donors (Lipinski definition) is 2. The number of nitrogens with two attached hydrogens (primary N) is 1. The molecule has 128 valence electrons. The van der Waals surface area contributed by atoms with E-state index < -0.39 is 0 Å². The lowest BCUT2D eigenvalue weighted by molar-refractivity contribution is 0.277. The van der Waals surface area contributed by atoms with Crippen molar-refractivity contribution in [2.45, 2.75) is 24.5 Å². The highest BCUT2D eigenvalue weighted by atomic mass is 16.5. The second-order valence-corrected chi connectivity index (χ2v) is 6.69. The quantitative estimate of drug-likeness (QED) is 0.857. The third-order valence-corrected chi connectivity index (χ3v) is 4.92. The van der Waals surface area contributed by atoms with E-state index in [1.54, 1.807) is 7.11 Å². The first-order valence-corrected chi connectivity index (χ1v) is 8.48. The Morgan fingerprint density at radius 2 is 1.92 bits per heavy atom. The number of benzene rings is 2. The molecule has 2 aromatic rings. The minimum Gasteiger partial charge on any atom is -0.497 e. The van der Waals surface area contributed by atoms with Crippen LogP contribution in [0.4, 0.5) is 0 Å². The SMILES string of the molecule is COc1cccc(C(CNC2CC(N)c3ccccc32)N(C)C)c1. The van der Waals surface area contributed by atoms with Crippen LogP contribution in [0.25, 0.3) is 0 Å². The van der Waals surface area contributed by atoms with Crippen molar-refractivity contribution in [1.29, 1.82) is 0 Å². The van der Waals surface area contributed by atoms with E-state index in [0.717, 1.165) is 18.7 Å². The van der Waals surface area contributed by atoms with E-state index in [1.165, 1.54) is 16.7 Å². The molecule has 4 nitrogen and oxygen atoms in total. The molecule has 0 radical (unpaired) electrons. The van der Waals surface area contributed by atoms with Gasteiger partial charge in [0.2, 0.25) is 0 Å². The lowest BCUT2D eigenvalue weighted by Crippen LogP contribution is -2.33. The van der Waals surface area contributed by atoms with E-state index in [1.807, 2.05) is 12.1 Å². The molecule has 3 rings (SSSR count). The summed E-state index contributed by atoms with van der Waals surface area (Å²) in [6, 6.07) is 17.5. The van der Waals surface area contributed by atoms with Crippen LogP contribution >= 0.6 is 0 Å². The highest BCUT2D eigenvalue weighted by Crippen LogP contribution is 2.37. The minimum atomic E-state index is 0.133. The Morgan fingerprint density at radius 3 is 2.62 bits per heavy atom. The number of ether oxygens (including phenoxy) is 1. The van der Waals surface area contributed by atoms with Crippen LogP contribution in [0, 0.1) is 0 Å². The molecule has 0 aromatic heterocycles. The van der Waals surface area contributed by atoms with Crippen molar-refractivity contribution in [2.75, 3.05) is 27.7 Å². The van der Waals surface area contributed by atoms with E-state index in [-0.39, 0.29) is 12.1 Å². The van der Waals surface area contributed by atoms with Gasteiger partial charge in [-0.1, -0.05) is 36.4 Å². The fourth-order valence-corrected chi connectivity index (χ4v) is 3.57. The fraction of sp³-hybridized carbons (Fsp3) is 0.400. The van der Waals surface area contributed by atoms with Gasteiger partial charge in [-0.05, 0) is 49.3 Å². The Hall–Kier alpha value is -1.88. The molecule has 1 aliphatic carbocycles. The zero-order chi connectivity index (χ0) is 17.1. The molecule has 0 spiro atoms. The maximum atomic E-state index is 6.28. The number of nitrogens with one attached hydrogen (secondary N) is 1. The molecule has 0 aliphatic heterocycles. The summed E-state index contributed by atoms with van der Waals surface area (Å²) in [5.74, 6) is 0.896. The van der Waals surface area contributed by atoms with Gasteiger partial charge in [-0.25, -0.2) is 0 Å². The van der Waals surface area contributed by atoms with Gasteiger partial charge in [0.05, 0.1) is 7.11 Å². The summed E-state index contributed by atoms with van der Waals surface area (Å²) in [6.07, 6.45) is 0.956. The van der Waals surface area contributed by atoms with Gasteiger partial charge < -0.3 is 20.7 Å². The molecule has 2 aromatic carbocycles. The lowest BCUT2D eigenvalue weighted by atomic mass is 10.0. The Kier molecular flexibility index (Phi) is 5.19. The van der Waals surface area contributed by atoms with Crippen LogP contribution in [0.1, 0.15) is 41.2 Å². The molecular weight excluding hydrogens is 298 g/mol. The van der Waals surface area contributed by atoms with E-state index in [4.69, 9.17) is 10.5 Å². The molecule has 24 heavy (non-hydrogen) atoms. The molecule has 1 aliphatic rings. The van der Waals surface area contributed by atoms with Gasteiger partial charge in [0, 0.05) is 24.7 Å². The number of nitrogens with zero attached hydrogens (tertiary/aromatic N) is 1. The molecule has 4 heteroatoms. The van der Waals surface area contributed by atoms with Crippen molar-refractivity contribution in [2.24, 2.45) is 5.73 Å². The number of methoxy groups -OCH3 is 1. The highest BCUT2D eigenvalue weighted by molar-refractivity contribution is 5.37. The number of hydrogen-bond acceptors (Lipinski definition) is 4. The monoisotopic (exact) mass is 325 g/mol. The second kappa shape index (κ2) is 7.34. The summed E-state index contributed by atoms with van der Waals surface area (Å²) in [7, 11) is 5.93. The summed E-state index contributed by atoms with van der Waals surface area (Å²) in [5.41, 5.74) is 10.2. The zero-order valence-electron chi connectivity index (χ0n) is 14.7. The summed E-state index contributed by atoms with van der Waals surface area (Å²) in [6.45, 7) is 0.867. The van der Waals surface area contributed by atoms with E-state index in [2.05, 4.69) is 60.7 Å². The number of likely N-dealkylation sites (N-methyl/N-ethyl adjacent to an activating group) is 1. The molecule has 0 amide bonds. The van der Waals surface area contributed by atoms with Crippen molar-refractivity contribution < 1.29 is 4.74 Å². The molecule has 0 saturated heterocycles. The van der Waals surface area contributed by atoms with Gasteiger partial charge in [0.15, 0.2) is 0 Å². The Labute approximate surface area is 144 Å². The smallest absolute Gasteiger partial charge is 0.119 e. The molecule has 0 bridgehead atoms. The Morgan fingerprint density at radius 1 is 1.17 bits per heavy atom. The first-order valence-electron chi connectivity index (χ1n) is 8.48. The van der Waals surface area contributed by atoms with Gasteiger partial charge in [0.1, 0.15) is 5.75 Å². The van der Waals surface area contributed by atoms with E-state index >= 15 is 0 Å². The number of fused-ring (bicyclic) bond motifs is 1. The average Bonchev–Trinajstić information content (AvgIpc) is 2.92. The Bertz CT molecular complexity index is 686. The van der Waals surface area contributed by atoms with Crippen molar-refractivity contribution in [1.82, 2.24) is 10.2 Å². The molecule has 0 fully saturated rings. The molecule has 3 unspecified atom stereocenters. The highest BCUT2D eigenvalue weighted by Gasteiger charge is 2.28. The van der Waals surface area contributed by atoms with Crippen LogP contribution in [-0.4, -0.2) is 32.6 Å². The van der Waals surface area contributed by atoms with Gasteiger partial charge in [-0.2, -0.15) is 0 Å². The van der Waals surface area contributed by atoms with Crippen LogP contribution in [-0.2, 0) is 0 Å². The summed E-state index contributed by atoms with van der Waals surface area (Å²) >= 11 is 0. The van der Waals surface area contributed by atoms with Gasteiger partial charge in [-0.3, -0.25) is 0 Å². The first-order chi connectivity index (χ1) is 11.6. The van der Waals surface area contributed by atoms with E-state index in [0.29, 0.717) is 6.04 Å². The molecular formula is C20H27N3O. The molecule has 0 saturated carbocycles. The van der Waals surface area contributed by atoms with Gasteiger partial charge in [0.25, 0.3) is 0 Å². The third kappa shape index (κ3) is 3.46. The average molecular weight is 325 g/mol. The maximum Gasteiger partial charge on any atom is 0.119 e. The fourth-order valence-electron chi connectivity index (χ4n) is 3.57.